The van der Waals surface area contributed by atoms with Crippen molar-refractivity contribution in [2.24, 2.45) is 0 Å². The summed E-state index contributed by atoms with van der Waals surface area (Å²) < 4.78 is 0. The number of hydrogen-bond donors (Lipinski definition) is 2. The fourth-order valence-corrected chi connectivity index (χ4v) is 1.91. The van der Waals surface area contributed by atoms with Crippen LogP contribution in [-0.4, -0.2) is 31.2 Å². The maximum absolute atomic E-state index is 10.5. The normalized spacial score (nSPS) is 11.9. The Bertz CT molecular complexity index is 626. The van der Waals surface area contributed by atoms with E-state index in [1.54, 1.807) is 6.07 Å². The Labute approximate surface area is 110 Å². The molecule has 0 aliphatic rings. The lowest BCUT2D eigenvalue weighted by Crippen LogP contribution is -2.11. The number of aryl methyl sites for hydroxylation is 1. The molecule has 0 fully saturated rings. The lowest BCUT2D eigenvalue weighted by atomic mass is 9.86. The Morgan fingerprint density at radius 2 is 2.00 bits per heavy atom. The highest BCUT2D eigenvalue weighted by atomic mass is 16.4. The quantitative estimate of drug-likeness (QED) is 0.883. The smallest absolute Gasteiger partial charge is 0.305 e. The number of fused-ring (bicyclic) bond motifs is 1. The summed E-state index contributed by atoms with van der Waals surface area (Å²) in [5.41, 5.74) is 1.59. The summed E-state index contributed by atoms with van der Waals surface area (Å²) in [7, 11) is 0. The molecule has 2 N–H and O–H groups in total. The van der Waals surface area contributed by atoms with Crippen molar-refractivity contribution >= 4 is 17.0 Å². The SMILES string of the molecule is CC(C)(C)c1ccc2nn(CCC(=O)O)nc2c1O. The van der Waals surface area contributed by atoms with Crippen molar-refractivity contribution < 1.29 is 15.0 Å². The highest BCUT2D eigenvalue weighted by Gasteiger charge is 2.21. The number of phenolic OH excluding ortho intramolecular Hbond substituents is 1. The monoisotopic (exact) mass is 263 g/mol. The van der Waals surface area contributed by atoms with Crippen molar-refractivity contribution in [3.8, 4) is 5.75 Å². The minimum Gasteiger partial charge on any atom is -0.505 e. The largest absolute Gasteiger partial charge is 0.505 e. The molecule has 0 saturated heterocycles. The zero-order valence-corrected chi connectivity index (χ0v) is 11.2. The number of hydrogen-bond acceptors (Lipinski definition) is 4. The minimum absolute atomic E-state index is 0.0477. The van der Waals surface area contributed by atoms with Crippen LogP contribution in [0.25, 0.3) is 11.0 Å². The standard InChI is InChI=1S/C13H17N3O3/c1-13(2,3)8-4-5-9-11(12(8)19)15-16(14-9)7-6-10(17)18/h4-5,19H,6-7H2,1-3H3,(H,17,18). The van der Waals surface area contributed by atoms with Gasteiger partial charge >= 0.3 is 5.97 Å². The molecule has 0 unspecified atom stereocenters. The zero-order valence-electron chi connectivity index (χ0n) is 11.2. The molecule has 0 bridgehead atoms. The summed E-state index contributed by atoms with van der Waals surface area (Å²) in [6, 6.07) is 3.62. The van der Waals surface area contributed by atoms with Gasteiger partial charge in [0.15, 0.2) is 5.52 Å². The number of aromatic nitrogens is 3. The number of rotatable bonds is 3. The summed E-state index contributed by atoms with van der Waals surface area (Å²) in [6.07, 6.45) is -0.0477. The molecular formula is C13H17N3O3. The summed E-state index contributed by atoms with van der Waals surface area (Å²) >= 11 is 0. The van der Waals surface area contributed by atoms with Crippen LogP contribution in [0.5, 0.6) is 5.75 Å². The topological polar surface area (TPSA) is 88.2 Å². The summed E-state index contributed by atoms with van der Waals surface area (Å²) in [6.45, 7) is 6.20. The van der Waals surface area contributed by atoms with E-state index in [-0.39, 0.29) is 24.1 Å². The van der Waals surface area contributed by atoms with Gasteiger partial charge in [0.2, 0.25) is 0 Å². The number of aliphatic carboxylic acids is 1. The predicted molar refractivity (Wildman–Crippen MR) is 70.1 cm³/mol. The maximum Gasteiger partial charge on any atom is 0.305 e. The van der Waals surface area contributed by atoms with Crippen molar-refractivity contribution in [1.29, 1.82) is 0 Å². The van der Waals surface area contributed by atoms with Crippen molar-refractivity contribution in [3.05, 3.63) is 17.7 Å². The molecule has 0 amide bonds. The second kappa shape index (κ2) is 4.53. The predicted octanol–water partition coefficient (Wildman–Crippen LogP) is 1.91. The first-order chi connectivity index (χ1) is 8.79. The third-order valence-electron chi connectivity index (χ3n) is 2.90. The zero-order chi connectivity index (χ0) is 14.2. The number of nitrogens with zero attached hydrogens (tertiary/aromatic N) is 3. The van der Waals surface area contributed by atoms with Gasteiger partial charge in [-0.2, -0.15) is 9.90 Å². The number of benzene rings is 1. The first-order valence-electron chi connectivity index (χ1n) is 6.08. The van der Waals surface area contributed by atoms with Gasteiger partial charge in [-0.3, -0.25) is 4.79 Å². The first kappa shape index (κ1) is 13.3. The second-order valence-corrected chi connectivity index (χ2v) is 5.52. The van der Waals surface area contributed by atoms with Crippen LogP contribution >= 0.6 is 0 Å². The molecule has 6 heteroatoms. The summed E-state index contributed by atoms with van der Waals surface area (Å²) in [5.74, 6) is -0.785. The molecule has 0 saturated carbocycles. The fourth-order valence-electron chi connectivity index (χ4n) is 1.91. The molecule has 2 rings (SSSR count). The molecule has 102 valence electrons. The van der Waals surface area contributed by atoms with E-state index in [4.69, 9.17) is 5.11 Å². The van der Waals surface area contributed by atoms with Crippen molar-refractivity contribution in [2.45, 2.75) is 39.2 Å². The number of carboxylic acid groups (broad SMARTS) is 1. The van der Waals surface area contributed by atoms with Gasteiger partial charge in [0.25, 0.3) is 0 Å². The minimum atomic E-state index is -0.902. The molecule has 1 aromatic heterocycles. The van der Waals surface area contributed by atoms with Crippen LogP contribution in [0.1, 0.15) is 32.8 Å². The Hall–Kier alpha value is -2.11. The van der Waals surface area contributed by atoms with E-state index in [0.717, 1.165) is 5.56 Å². The van der Waals surface area contributed by atoms with Gasteiger partial charge in [-0.05, 0) is 11.5 Å². The number of phenols is 1. The first-order valence-corrected chi connectivity index (χ1v) is 6.08. The molecule has 1 aromatic carbocycles. The Morgan fingerprint density at radius 1 is 1.32 bits per heavy atom. The van der Waals surface area contributed by atoms with E-state index in [1.165, 1.54) is 4.80 Å². The van der Waals surface area contributed by atoms with Gasteiger partial charge < -0.3 is 10.2 Å². The molecular weight excluding hydrogens is 246 g/mol. The summed E-state index contributed by atoms with van der Waals surface area (Å²) in [5, 5.41) is 27.2. The van der Waals surface area contributed by atoms with E-state index >= 15 is 0 Å². The van der Waals surface area contributed by atoms with Crippen molar-refractivity contribution in [2.75, 3.05) is 0 Å². The number of carboxylic acids is 1. The van der Waals surface area contributed by atoms with E-state index < -0.39 is 5.97 Å². The van der Waals surface area contributed by atoms with E-state index in [1.807, 2.05) is 26.8 Å². The van der Waals surface area contributed by atoms with Crippen LogP contribution in [-0.2, 0) is 16.8 Å². The highest BCUT2D eigenvalue weighted by molar-refractivity contribution is 5.82. The molecule has 0 radical (unpaired) electrons. The van der Waals surface area contributed by atoms with Gasteiger partial charge in [0, 0.05) is 5.56 Å². The van der Waals surface area contributed by atoms with Crippen molar-refractivity contribution in [1.82, 2.24) is 15.0 Å². The Balaban J connectivity index is 2.43. The van der Waals surface area contributed by atoms with Gasteiger partial charge in [0.05, 0.1) is 13.0 Å². The van der Waals surface area contributed by atoms with E-state index in [0.29, 0.717) is 11.0 Å². The third kappa shape index (κ3) is 2.67. The van der Waals surface area contributed by atoms with Gasteiger partial charge in [-0.25, -0.2) is 0 Å². The molecule has 0 atom stereocenters. The van der Waals surface area contributed by atoms with Crippen molar-refractivity contribution in [3.63, 3.8) is 0 Å². The Morgan fingerprint density at radius 3 is 2.58 bits per heavy atom. The third-order valence-corrected chi connectivity index (χ3v) is 2.90. The lowest BCUT2D eigenvalue weighted by molar-refractivity contribution is -0.137. The number of carbonyl (C=O) groups is 1. The van der Waals surface area contributed by atoms with E-state index in [2.05, 4.69) is 10.2 Å². The summed E-state index contributed by atoms with van der Waals surface area (Å²) in [4.78, 5) is 11.8. The van der Waals surface area contributed by atoms with Crippen LogP contribution in [0.15, 0.2) is 12.1 Å². The Kier molecular flexibility index (Phi) is 3.18. The fraction of sp³-hybridized carbons (Fsp3) is 0.462. The molecule has 2 aromatic rings. The van der Waals surface area contributed by atoms with Gasteiger partial charge in [0.1, 0.15) is 11.3 Å². The average molecular weight is 263 g/mol. The molecule has 0 aliphatic carbocycles. The van der Waals surface area contributed by atoms with Crippen LogP contribution in [0, 0.1) is 0 Å². The number of aromatic hydroxyl groups is 1. The maximum atomic E-state index is 10.5. The van der Waals surface area contributed by atoms with Gasteiger partial charge in [-0.1, -0.05) is 26.8 Å². The molecule has 0 aliphatic heterocycles. The van der Waals surface area contributed by atoms with Crippen LogP contribution in [0.4, 0.5) is 0 Å². The molecule has 1 heterocycles. The van der Waals surface area contributed by atoms with Crippen LogP contribution in [0.3, 0.4) is 0 Å². The molecule has 19 heavy (non-hydrogen) atoms. The van der Waals surface area contributed by atoms with Crippen LogP contribution < -0.4 is 0 Å². The van der Waals surface area contributed by atoms with Gasteiger partial charge in [-0.15, -0.1) is 5.10 Å². The average Bonchev–Trinajstić information content (AvgIpc) is 2.69. The molecule has 0 spiro atoms. The second-order valence-electron chi connectivity index (χ2n) is 5.52. The highest BCUT2D eigenvalue weighted by Crippen LogP contribution is 2.34. The lowest BCUT2D eigenvalue weighted by Gasteiger charge is -2.19. The van der Waals surface area contributed by atoms with Crippen LogP contribution in [0.2, 0.25) is 0 Å². The molecule has 6 nitrogen and oxygen atoms in total. The van der Waals surface area contributed by atoms with E-state index in [9.17, 15) is 9.90 Å².